The SMILES string of the molecule is CCOCC(C)(O)C1=CCCCCCC1. The Morgan fingerprint density at radius 2 is 2.07 bits per heavy atom. The van der Waals surface area contributed by atoms with Crippen LogP contribution in [0.15, 0.2) is 11.6 Å². The van der Waals surface area contributed by atoms with Gasteiger partial charge in [0.25, 0.3) is 0 Å². The molecular weight excluding hydrogens is 188 g/mol. The third-order valence-electron chi connectivity index (χ3n) is 3.07. The molecule has 1 aliphatic carbocycles. The number of aliphatic hydroxyl groups is 1. The van der Waals surface area contributed by atoms with Crippen LogP contribution in [0.4, 0.5) is 0 Å². The molecule has 2 heteroatoms. The third-order valence-corrected chi connectivity index (χ3v) is 3.07. The zero-order valence-electron chi connectivity index (χ0n) is 10.1. The average Bonchev–Trinajstić information content (AvgIpc) is 2.13. The Bertz CT molecular complexity index is 207. The van der Waals surface area contributed by atoms with Gasteiger partial charge >= 0.3 is 0 Å². The van der Waals surface area contributed by atoms with Crippen molar-refractivity contribution in [3.05, 3.63) is 11.6 Å². The topological polar surface area (TPSA) is 29.5 Å². The summed E-state index contributed by atoms with van der Waals surface area (Å²) in [7, 11) is 0. The van der Waals surface area contributed by atoms with Gasteiger partial charge in [-0.1, -0.05) is 18.9 Å². The van der Waals surface area contributed by atoms with Crippen LogP contribution in [0.1, 0.15) is 52.4 Å². The summed E-state index contributed by atoms with van der Waals surface area (Å²) >= 11 is 0. The van der Waals surface area contributed by atoms with Crippen molar-refractivity contribution < 1.29 is 9.84 Å². The summed E-state index contributed by atoms with van der Waals surface area (Å²) in [6.07, 6.45) is 9.44. The highest BCUT2D eigenvalue weighted by molar-refractivity contribution is 5.16. The molecule has 2 nitrogen and oxygen atoms in total. The standard InChI is InChI=1S/C13H24O2/c1-3-15-11-13(2,14)12-9-7-5-4-6-8-10-12/h9,14H,3-8,10-11H2,1-2H3. The van der Waals surface area contributed by atoms with Gasteiger partial charge < -0.3 is 9.84 Å². The van der Waals surface area contributed by atoms with Gasteiger partial charge in [-0.3, -0.25) is 0 Å². The molecule has 1 unspecified atom stereocenters. The van der Waals surface area contributed by atoms with Crippen LogP contribution in [0.3, 0.4) is 0 Å². The van der Waals surface area contributed by atoms with E-state index in [1.807, 2.05) is 13.8 Å². The van der Waals surface area contributed by atoms with E-state index in [1.54, 1.807) is 0 Å². The van der Waals surface area contributed by atoms with Crippen LogP contribution in [-0.2, 0) is 4.74 Å². The van der Waals surface area contributed by atoms with Gasteiger partial charge in [-0.05, 0) is 45.1 Å². The second-order valence-corrected chi connectivity index (χ2v) is 4.59. The summed E-state index contributed by atoms with van der Waals surface area (Å²) in [4.78, 5) is 0. The number of hydrogen-bond donors (Lipinski definition) is 1. The van der Waals surface area contributed by atoms with Crippen LogP contribution < -0.4 is 0 Å². The van der Waals surface area contributed by atoms with Crippen LogP contribution in [0.5, 0.6) is 0 Å². The zero-order chi connectivity index (χ0) is 11.1. The maximum Gasteiger partial charge on any atom is 0.106 e. The molecule has 0 radical (unpaired) electrons. The number of rotatable bonds is 4. The molecule has 0 saturated heterocycles. The maximum atomic E-state index is 10.3. The van der Waals surface area contributed by atoms with Crippen LogP contribution in [0.25, 0.3) is 0 Å². The van der Waals surface area contributed by atoms with E-state index < -0.39 is 5.60 Å². The molecule has 88 valence electrons. The fourth-order valence-corrected chi connectivity index (χ4v) is 2.07. The van der Waals surface area contributed by atoms with Gasteiger partial charge in [-0.15, -0.1) is 0 Å². The van der Waals surface area contributed by atoms with Gasteiger partial charge in [0.1, 0.15) is 5.60 Å². The second-order valence-electron chi connectivity index (χ2n) is 4.59. The largest absolute Gasteiger partial charge is 0.383 e. The van der Waals surface area contributed by atoms with Crippen LogP contribution >= 0.6 is 0 Å². The number of ether oxygens (including phenoxy) is 1. The molecule has 0 saturated carbocycles. The Labute approximate surface area is 93.3 Å². The second kappa shape index (κ2) is 6.29. The molecule has 0 fully saturated rings. The summed E-state index contributed by atoms with van der Waals surface area (Å²) in [5.41, 5.74) is 0.420. The molecule has 0 spiro atoms. The van der Waals surface area contributed by atoms with Gasteiger partial charge in [0.15, 0.2) is 0 Å². The zero-order valence-corrected chi connectivity index (χ0v) is 10.1. The van der Waals surface area contributed by atoms with Crippen molar-refractivity contribution in [3.8, 4) is 0 Å². The predicted molar refractivity (Wildman–Crippen MR) is 62.9 cm³/mol. The molecule has 0 aromatic heterocycles. The van der Waals surface area contributed by atoms with E-state index in [0.717, 1.165) is 12.8 Å². The first-order chi connectivity index (χ1) is 7.17. The fourth-order valence-electron chi connectivity index (χ4n) is 2.07. The van der Waals surface area contributed by atoms with Crippen molar-refractivity contribution >= 4 is 0 Å². The first kappa shape index (κ1) is 12.7. The Morgan fingerprint density at radius 1 is 1.33 bits per heavy atom. The molecular formula is C13H24O2. The van der Waals surface area contributed by atoms with E-state index in [0.29, 0.717) is 13.2 Å². The smallest absolute Gasteiger partial charge is 0.106 e. The van der Waals surface area contributed by atoms with Crippen LogP contribution in [0, 0.1) is 0 Å². The van der Waals surface area contributed by atoms with Gasteiger partial charge in [0.05, 0.1) is 6.61 Å². The van der Waals surface area contributed by atoms with Gasteiger partial charge in [-0.25, -0.2) is 0 Å². The third kappa shape index (κ3) is 4.35. The normalized spacial score (nSPS) is 22.5. The highest BCUT2D eigenvalue weighted by atomic mass is 16.5. The summed E-state index contributed by atoms with van der Waals surface area (Å²) in [6.45, 7) is 4.93. The Hall–Kier alpha value is -0.340. The summed E-state index contributed by atoms with van der Waals surface area (Å²) in [6, 6.07) is 0. The molecule has 1 rings (SSSR count). The Balaban J connectivity index is 2.56. The lowest BCUT2D eigenvalue weighted by Gasteiger charge is -2.27. The maximum absolute atomic E-state index is 10.3. The average molecular weight is 212 g/mol. The minimum Gasteiger partial charge on any atom is -0.383 e. The van der Waals surface area contributed by atoms with Crippen LogP contribution in [0.2, 0.25) is 0 Å². The van der Waals surface area contributed by atoms with Gasteiger partial charge in [0.2, 0.25) is 0 Å². The van der Waals surface area contributed by atoms with E-state index in [-0.39, 0.29) is 0 Å². The lowest BCUT2D eigenvalue weighted by molar-refractivity contribution is -0.00725. The van der Waals surface area contributed by atoms with E-state index in [4.69, 9.17) is 4.74 Å². The summed E-state index contributed by atoms with van der Waals surface area (Å²) < 4.78 is 5.33. The van der Waals surface area contributed by atoms with Gasteiger partial charge in [-0.2, -0.15) is 0 Å². The minimum absolute atomic E-state index is 0.426. The summed E-state index contributed by atoms with van der Waals surface area (Å²) in [5, 5.41) is 10.3. The van der Waals surface area contributed by atoms with E-state index in [2.05, 4.69) is 6.08 Å². The fraction of sp³-hybridized carbons (Fsp3) is 0.846. The quantitative estimate of drug-likeness (QED) is 0.726. The Morgan fingerprint density at radius 3 is 2.80 bits per heavy atom. The molecule has 0 heterocycles. The van der Waals surface area contributed by atoms with Crippen LogP contribution in [-0.4, -0.2) is 23.9 Å². The van der Waals surface area contributed by atoms with Crippen molar-refractivity contribution in [3.63, 3.8) is 0 Å². The van der Waals surface area contributed by atoms with E-state index in [9.17, 15) is 5.11 Å². The molecule has 0 bridgehead atoms. The number of allylic oxidation sites excluding steroid dienone is 1. The molecule has 0 aromatic rings. The predicted octanol–water partition coefficient (Wildman–Crippen LogP) is 3.05. The van der Waals surface area contributed by atoms with Crippen molar-refractivity contribution in [1.29, 1.82) is 0 Å². The summed E-state index contributed by atoms with van der Waals surface area (Å²) in [5.74, 6) is 0. The first-order valence-corrected chi connectivity index (χ1v) is 6.16. The number of hydrogen-bond acceptors (Lipinski definition) is 2. The van der Waals surface area contributed by atoms with Crippen molar-refractivity contribution in [2.24, 2.45) is 0 Å². The van der Waals surface area contributed by atoms with Crippen molar-refractivity contribution in [2.45, 2.75) is 58.0 Å². The van der Waals surface area contributed by atoms with E-state index >= 15 is 0 Å². The van der Waals surface area contributed by atoms with E-state index in [1.165, 1.54) is 31.3 Å². The molecule has 0 aliphatic heterocycles. The van der Waals surface area contributed by atoms with Crippen molar-refractivity contribution in [2.75, 3.05) is 13.2 Å². The molecule has 1 aliphatic rings. The van der Waals surface area contributed by atoms with Gasteiger partial charge in [0, 0.05) is 6.61 Å². The minimum atomic E-state index is -0.757. The molecule has 15 heavy (non-hydrogen) atoms. The molecule has 1 atom stereocenters. The highest BCUT2D eigenvalue weighted by Crippen LogP contribution is 2.26. The lowest BCUT2D eigenvalue weighted by Crippen LogP contribution is -2.33. The molecule has 0 aromatic carbocycles. The lowest BCUT2D eigenvalue weighted by atomic mass is 9.88. The Kier molecular flexibility index (Phi) is 5.34. The van der Waals surface area contributed by atoms with Crippen molar-refractivity contribution in [1.82, 2.24) is 0 Å². The molecule has 1 N–H and O–H groups in total. The highest BCUT2D eigenvalue weighted by Gasteiger charge is 2.25. The molecule has 0 amide bonds. The first-order valence-electron chi connectivity index (χ1n) is 6.16. The monoisotopic (exact) mass is 212 g/mol.